The average molecular weight is 697 g/mol. The van der Waals surface area contributed by atoms with Crippen LogP contribution in [0.4, 0.5) is 18.9 Å². The van der Waals surface area contributed by atoms with Crippen molar-refractivity contribution in [3.8, 4) is 0 Å². The van der Waals surface area contributed by atoms with Crippen molar-refractivity contribution in [2.45, 2.75) is 51.9 Å². The molecule has 0 saturated heterocycles. The summed E-state index contributed by atoms with van der Waals surface area (Å²) in [5.74, 6) is -0.515. The topological polar surface area (TPSA) is 86.8 Å². The van der Waals surface area contributed by atoms with Gasteiger partial charge in [-0.15, -0.1) is 0 Å². The lowest BCUT2D eigenvalue weighted by Crippen LogP contribution is -2.51. The number of carbonyl (C=O) groups is 2. The summed E-state index contributed by atoms with van der Waals surface area (Å²) in [6, 6.07) is 19.9. The van der Waals surface area contributed by atoms with Crippen LogP contribution in [0.3, 0.4) is 0 Å². The Balaban J connectivity index is 1.90. The van der Waals surface area contributed by atoms with Crippen LogP contribution in [0, 0.1) is 5.92 Å². The van der Waals surface area contributed by atoms with E-state index in [0.29, 0.717) is 6.54 Å². The molecular weight excluding hydrogens is 659 g/mol. The molecule has 0 heterocycles. The maximum atomic E-state index is 13.9. The lowest BCUT2D eigenvalue weighted by atomic mass is 10.0. The molecule has 7 nitrogen and oxygen atoms in total. The standard InChI is InChI=1S/C32H37BrF3N3O4S/c1-23(2)21-37-31(41)29(19-24-10-5-4-6-11-24)38(22-25-12-7-14-27(33)18-25)30(40)16-9-17-39(44(3,42)43)28-15-8-13-26(20-28)32(34,35)36/h4-8,10-15,18,20,23,29H,9,16-17,19,21-22H2,1-3H3,(H,37,41). The van der Waals surface area contributed by atoms with E-state index in [1.54, 1.807) is 0 Å². The maximum absolute atomic E-state index is 13.9. The second-order valence-corrected chi connectivity index (χ2v) is 13.8. The van der Waals surface area contributed by atoms with Crippen LogP contribution < -0.4 is 9.62 Å². The van der Waals surface area contributed by atoms with Crippen LogP contribution in [0.15, 0.2) is 83.3 Å². The van der Waals surface area contributed by atoms with Crippen molar-refractivity contribution >= 4 is 43.5 Å². The fourth-order valence-electron chi connectivity index (χ4n) is 4.65. The minimum Gasteiger partial charge on any atom is -0.354 e. The Kier molecular flexibility index (Phi) is 12.4. The first-order valence-corrected chi connectivity index (χ1v) is 16.8. The first-order chi connectivity index (χ1) is 20.6. The van der Waals surface area contributed by atoms with Crippen molar-refractivity contribution in [2.75, 3.05) is 23.7 Å². The zero-order valence-electron chi connectivity index (χ0n) is 24.9. The molecule has 0 spiro atoms. The van der Waals surface area contributed by atoms with E-state index >= 15 is 0 Å². The highest BCUT2D eigenvalue weighted by molar-refractivity contribution is 9.10. The molecule has 2 amide bonds. The predicted octanol–water partition coefficient (Wildman–Crippen LogP) is 6.43. The van der Waals surface area contributed by atoms with Crippen LogP contribution in [0.5, 0.6) is 0 Å². The number of alkyl halides is 3. The molecule has 3 aromatic rings. The summed E-state index contributed by atoms with van der Waals surface area (Å²) in [5.41, 5.74) is 0.521. The van der Waals surface area contributed by atoms with Crippen molar-refractivity contribution in [3.63, 3.8) is 0 Å². The van der Waals surface area contributed by atoms with Crippen molar-refractivity contribution in [1.82, 2.24) is 10.2 Å². The van der Waals surface area contributed by atoms with Gasteiger partial charge >= 0.3 is 6.18 Å². The lowest BCUT2D eigenvalue weighted by Gasteiger charge is -2.32. The van der Waals surface area contributed by atoms with Gasteiger partial charge < -0.3 is 10.2 Å². The van der Waals surface area contributed by atoms with E-state index in [-0.39, 0.29) is 55.8 Å². The number of rotatable bonds is 14. The molecule has 12 heteroatoms. The fourth-order valence-corrected chi connectivity index (χ4v) is 6.05. The van der Waals surface area contributed by atoms with E-state index in [1.807, 2.05) is 68.4 Å². The number of anilines is 1. The Bertz CT molecular complexity index is 1520. The van der Waals surface area contributed by atoms with Crippen LogP contribution in [0.2, 0.25) is 0 Å². The Morgan fingerprint density at radius 1 is 0.932 bits per heavy atom. The van der Waals surface area contributed by atoms with Crippen LogP contribution in [-0.4, -0.2) is 50.5 Å². The zero-order chi connectivity index (χ0) is 32.5. The second-order valence-electron chi connectivity index (χ2n) is 11.0. The number of hydrogen-bond acceptors (Lipinski definition) is 4. The van der Waals surface area contributed by atoms with Crippen molar-refractivity contribution in [2.24, 2.45) is 5.92 Å². The Morgan fingerprint density at radius 2 is 1.59 bits per heavy atom. The molecule has 0 aliphatic carbocycles. The van der Waals surface area contributed by atoms with Gasteiger partial charge in [-0.25, -0.2) is 8.42 Å². The molecule has 3 aromatic carbocycles. The molecule has 0 aliphatic heterocycles. The SMILES string of the molecule is CC(C)CNC(=O)C(Cc1ccccc1)N(Cc1cccc(Br)c1)C(=O)CCCN(c1cccc(C(F)(F)F)c1)S(C)(=O)=O. The highest BCUT2D eigenvalue weighted by Crippen LogP contribution is 2.32. The molecule has 0 aromatic heterocycles. The molecule has 1 atom stereocenters. The number of benzene rings is 3. The number of amides is 2. The summed E-state index contributed by atoms with van der Waals surface area (Å²) >= 11 is 3.45. The highest BCUT2D eigenvalue weighted by atomic mass is 79.9. The van der Waals surface area contributed by atoms with Crippen molar-refractivity contribution in [3.05, 3.63) is 100 Å². The predicted molar refractivity (Wildman–Crippen MR) is 169 cm³/mol. The molecule has 44 heavy (non-hydrogen) atoms. The van der Waals surface area contributed by atoms with Gasteiger partial charge in [0, 0.05) is 36.9 Å². The third kappa shape index (κ3) is 10.7. The summed E-state index contributed by atoms with van der Waals surface area (Å²) < 4.78 is 66.8. The van der Waals surface area contributed by atoms with E-state index in [2.05, 4.69) is 21.2 Å². The number of hydrogen-bond donors (Lipinski definition) is 1. The maximum Gasteiger partial charge on any atom is 0.416 e. The van der Waals surface area contributed by atoms with Crippen LogP contribution in [0.25, 0.3) is 0 Å². The first-order valence-electron chi connectivity index (χ1n) is 14.2. The van der Waals surface area contributed by atoms with Gasteiger partial charge in [-0.3, -0.25) is 13.9 Å². The third-order valence-corrected chi connectivity index (χ3v) is 8.50. The molecule has 0 saturated carbocycles. The molecular formula is C32H37BrF3N3O4S. The largest absolute Gasteiger partial charge is 0.416 e. The van der Waals surface area contributed by atoms with Crippen LogP contribution in [0.1, 0.15) is 43.4 Å². The second kappa shape index (κ2) is 15.6. The monoisotopic (exact) mass is 695 g/mol. The lowest BCUT2D eigenvalue weighted by molar-refractivity contribution is -0.141. The molecule has 1 N–H and O–H groups in total. The van der Waals surface area contributed by atoms with Crippen LogP contribution >= 0.6 is 15.9 Å². The van der Waals surface area contributed by atoms with Gasteiger partial charge in [0.15, 0.2) is 0 Å². The third-order valence-electron chi connectivity index (χ3n) is 6.81. The number of carbonyl (C=O) groups excluding carboxylic acids is 2. The van der Waals surface area contributed by atoms with Gasteiger partial charge in [0.25, 0.3) is 0 Å². The minimum absolute atomic E-state index is 0.0167. The van der Waals surface area contributed by atoms with Gasteiger partial charge in [-0.1, -0.05) is 78.3 Å². The Labute approximate surface area is 265 Å². The van der Waals surface area contributed by atoms with E-state index in [0.717, 1.165) is 44.4 Å². The number of halogens is 4. The van der Waals surface area contributed by atoms with Gasteiger partial charge in [0.1, 0.15) is 6.04 Å². The van der Waals surface area contributed by atoms with E-state index in [9.17, 15) is 31.2 Å². The van der Waals surface area contributed by atoms with Crippen LogP contribution in [-0.2, 0) is 38.8 Å². The molecule has 0 fully saturated rings. The molecule has 0 bridgehead atoms. The Morgan fingerprint density at radius 3 is 2.20 bits per heavy atom. The summed E-state index contributed by atoms with van der Waals surface area (Å²) in [5, 5.41) is 2.95. The number of nitrogens with one attached hydrogen (secondary N) is 1. The Hall–Kier alpha value is -3.38. The average Bonchev–Trinajstić information content (AvgIpc) is 2.95. The normalized spacial score (nSPS) is 12.5. The zero-order valence-corrected chi connectivity index (χ0v) is 27.3. The highest BCUT2D eigenvalue weighted by Gasteiger charge is 2.33. The number of sulfonamides is 1. The van der Waals surface area contributed by atoms with Crippen molar-refractivity contribution < 1.29 is 31.2 Å². The fraction of sp³-hybridized carbons (Fsp3) is 0.375. The molecule has 1 unspecified atom stereocenters. The summed E-state index contributed by atoms with van der Waals surface area (Å²) in [4.78, 5) is 28.9. The minimum atomic E-state index is -4.65. The van der Waals surface area contributed by atoms with Crippen molar-refractivity contribution in [1.29, 1.82) is 0 Å². The summed E-state index contributed by atoms with van der Waals surface area (Å²) in [6.07, 6.45) is -3.61. The summed E-state index contributed by atoms with van der Waals surface area (Å²) in [6.45, 7) is 4.25. The molecule has 0 aliphatic rings. The van der Waals surface area contributed by atoms with Gasteiger partial charge in [-0.05, 0) is 53.8 Å². The van der Waals surface area contributed by atoms with E-state index < -0.39 is 27.8 Å². The van der Waals surface area contributed by atoms with Gasteiger partial charge in [0.05, 0.1) is 17.5 Å². The van der Waals surface area contributed by atoms with Gasteiger partial charge in [-0.2, -0.15) is 13.2 Å². The van der Waals surface area contributed by atoms with E-state index in [1.165, 1.54) is 11.0 Å². The summed E-state index contributed by atoms with van der Waals surface area (Å²) in [7, 11) is -3.97. The smallest absolute Gasteiger partial charge is 0.354 e. The first kappa shape index (κ1) is 35.1. The quantitative estimate of drug-likeness (QED) is 0.211. The molecule has 3 rings (SSSR count). The van der Waals surface area contributed by atoms with Gasteiger partial charge in [0.2, 0.25) is 21.8 Å². The molecule has 0 radical (unpaired) electrons. The van der Waals surface area contributed by atoms with E-state index in [4.69, 9.17) is 0 Å². The number of nitrogens with zero attached hydrogens (tertiary/aromatic N) is 2. The molecule has 238 valence electrons.